The van der Waals surface area contributed by atoms with Gasteiger partial charge in [0.05, 0.1) is 12.3 Å². The van der Waals surface area contributed by atoms with Crippen LogP contribution in [0.4, 0.5) is 10.5 Å². The lowest BCUT2D eigenvalue weighted by Crippen LogP contribution is -2.39. The van der Waals surface area contributed by atoms with Crippen LogP contribution in [-0.2, 0) is 4.74 Å². The van der Waals surface area contributed by atoms with E-state index in [4.69, 9.17) is 9.47 Å². The molecule has 1 aliphatic rings. The van der Waals surface area contributed by atoms with Crippen LogP contribution in [0.5, 0.6) is 5.75 Å². The van der Waals surface area contributed by atoms with Crippen molar-refractivity contribution >= 4 is 11.7 Å². The zero-order valence-electron chi connectivity index (χ0n) is 13.3. The van der Waals surface area contributed by atoms with Crippen molar-refractivity contribution in [1.29, 1.82) is 0 Å². The lowest BCUT2D eigenvalue weighted by Gasteiger charge is -2.23. The van der Waals surface area contributed by atoms with E-state index in [2.05, 4.69) is 10.6 Å². The fourth-order valence-electron chi connectivity index (χ4n) is 2.64. The largest absolute Gasteiger partial charge is 0.489 e. The molecule has 2 amide bonds. The second kappa shape index (κ2) is 9.30. The number of urea groups is 1. The van der Waals surface area contributed by atoms with E-state index in [0.717, 1.165) is 12.8 Å². The van der Waals surface area contributed by atoms with Crippen LogP contribution in [0.3, 0.4) is 0 Å². The first-order valence-corrected chi connectivity index (χ1v) is 8.16. The second-order valence-corrected chi connectivity index (χ2v) is 5.47. The molecule has 0 radical (unpaired) electrons. The molecule has 0 saturated heterocycles. The highest BCUT2D eigenvalue weighted by atomic mass is 16.5. The fourth-order valence-corrected chi connectivity index (χ4v) is 2.64. The van der Waals surface area contributed by atoms with Crippen molar-refractivity contribution in [2.45, 2.75) is 45.1 Å². The molecule has 2 N–H and O–H groups in total. The first-order chi connectivity index (χ1) is 10.8. The smallest absolute Gasteiger partial charge is 0.319 e. The van der Waals surface area contributed by atoms with Crippen LogP contribution in [-0.4, -0.2) is 31.9 Å². The molecule has 5 nitrogen and oxygen atoms in total. The van der Waals surface area contributed by atoms with Crippen LogP contribution in [0.1, 0.15) is 39.0 Å². The molecule has 0 heterocycles. The van der Waals surface area contributed by atoms with Crippen molar-refractivity contribution in [3.63, 3.8) is 0 Å². The Kier molecular flexibility index (Phi) is 7.03. The summed E-state index contributed by atoms with van der Waals surface area (Å²) in [4.78, 5) is 12.1. The van der Waals surface area contributed by atoms with Crippen LogP contribution in [0.25, 0.3) is 0 Å². The maximum atomic E-state index is 12.1. The summed E-state index contributed by atoms with van der Waals surface area (Å²) in [7, 11) is 0. The standard InChI is InChI=1S/C17H26N2O3/c1-2-21-12-13-22-16-11-7-6-10-15(16)19-17(20)18-14-8-4-3-5-9-14/h6-7,10-11,14H,2-5,8-9,12-13H2,1H3,(H2,18,19,20). The van der Waals surface area contributed by atoms with Gasteiger partial charge in [-0.25, -0.2) is 4.79 Å². The molecule has 1 saturated carbocycles. The van der Waals surface area contributed by atoms with Crippen LogP contribution < -0.4 is 15.4 Å². The van der Waals surface area contributed by atoms with Gasteiger partial charge in [0.2, 0.25) is 0 Å². The summed E-state index contributed by atoms with van der Waals surface area (Å²) in [6, 6.07) is 7.59. The van der Waals surface area contributed by atoms with Crippen molar-refractivity contribution in [3.8, 4) is 5.75 Å². The predicted octanol–water partition coefficient (Wildman–Crippen LogP) is 3.56. The Balaban J connectivity index is 1.83. The zero-order valence-corrected chi connectivity index (χ0v) is 13.3. The molecular weight excluding hydrogens is 280 g/mol. The summed E-state index contributed by atoms with van der Waals surface area (Å²) in [5.74, 6) is 0.668. The highest BCUT2D eigenvalue weighted by Gasteiger charge is 2.16. The molecule has 1 aliphatic carbocycles. The molecule has 0 spiro atoms. The first kappa shape index (κ1) is 16.6. The van der Waals surface area contributed by atoms with E-state index in [0.29, 0.717) is 37.3 Å². The lowest BCUT2D eigenvalue weighted by atomic mass is 9.96. The van der Waals surface area contributed by atoms with E-state index in [1.54, 1.807) is 0 Å². The molecule has 0 bridgehead atoms. The van der Waals surface area contributed by atoms with Crippen LogP contribution in [0.15, 0.2) is 24.3 Å². The number of benzene rings is 1. The van der Waals surface area contributed by atoms with Gasteiger partial charge in [-0.15, -0.1) is 0 Å². The lowest BCUT2D eigenvalue weighted by molar-refractivity contribution is 0.110. The van der Waals surface area contributed by atoms with Crippen LogP contribution in [0, 0.1) is 0 Å². The molecule has 1 aromatic carbocycles. The molecule has 5 heteroatoms. The Morgan fingerprint density at radius 3 is 2.73 bits per heavy atom. The number of para-hydroxylation sites is 2. The maximum Gasteiger partial charge on any atom is 0.319 e. The van der Waals surface area contributed by atoms with Gasteiger partial charge in [-0.05, 0) is 31.9 Å². The number of hydrogen-bond acceptors (Lipinski definition) is 3. The quantitative estimate of drug-likeness (QED) is 0.757. The minimum atomic E-state index is -0.159. The average molecular weight is 306 g/mol. The van der Waals surface area contributed by atoms with Gasteiger partial charge in [-0.1, -0.05) is 31.4 Å². The van der Waals surface area contributed by atoms with Gasteiger partial charge < -0.3 is 20.1 Å². The first-order valence-electron chi connectivity index (χ1n) is 8.16. The van der Waals surface area contributed by atoms with Gasteiger partial charge in [-0.3, -0.25) is 0 Å². The molecule has 1 fully saturated rings. The maximum absolute atomic E-state index is 12.1. The van der Waals surface area contributed by atoms with E-state index in [9.17, 15) is 4.79 Å². The average Bonchev–Trinajstić information content (AvgIpc) is 2.54. The van der Waals surface area contributed by atoms with Gasteiger partial charge in [0.15, 0.2) is 0 Å². The Hall–Kier alpha value is -1.75. The molecule has 22 heavy (non-hydrogen) atoms. The number of carbonyl (C=O) groups is 1. The van der Waals surface area contributed by atoms with Crippen molar-refractivity contribution in [3.05, 3.63) is 24.3 Å². The third-order valence-corrected chi connectivity index (χ3v) is 3.77. The second-order valence-electron chi connectivity index (χ2n) is 5.47. The summed E-state index contributed by atoms with van der Waals surface area (Å²) < 4.78 is 10.9. The van der Waals surface area contributed by atoms with E-state index in [-0.39, 0.29) is 6.03 Å². The van der Waals surface area contributed by atoms with Crippen molar-refractivity contribution in [2.75, 3.05) is 25.1 Å². The van der Waals surface area contributed by atoms with Gasteiger partial charge in [0.25, 0.3) is 0 Å². The van der Waals surface area contributed by atoms with E-state index >= 15 is 0 Å². The summed E-state index contributed by atoms with van der Waals surface area (Å²) in [6.45, 7) is 3.63. The summed E-state index contributed by atoms with van der Waals surface area (Å²) >= 11 is 0. The number of anilines is 1. The number of rotatable bonds is 7. The number of nitrogens with one attached hydrogen (secondary N) is 2. The Labute approximate surface area is 132 Å². The number of carbonyl (C=O) groups excluding carboxylic acids is 1. The number of ether oxygens (including phenoxy) is 2. The zero-order chi connectivity index (χ0) is 15.6. The summed E-state index contributed by atoms with van der Waals surface area (Å²) in [6.07, 6.45) is 5.81. The van der Waals surface area contributed by atoms with Gasteiger partial charge in [0.1, 0.15) is 12.4 Å². The summed E-state index contributed by atoms with van der Waals surface area (Å²) in [5.41, 5.74) is 0.687. The monoisotopic (exact) mass is 306 g/mol. The summed E-state index contributed by atoms with van der Waals surface area (Å²) in [5, 5.41) is 5.92. The molecule has 0 unspecified atom stereocenters. The van der Waals surface area contributed by atoms with Crippen LogP contribution in [0.2, 0.25) is 0 Å². The van der Waals surface area contributed by atoms with E-state index in [1.807, 2.05) is 31.2 Å². The van der Waals surface area contributed by atoms with Crippen molar-refractivity contribution in [2.24, 2.45) is 0 Å². The number of hydrogen-bond donors (Lipinski definition) is 2. The highest BCUT2D eigenvalue weighted by molar-refractivity contribution is 5.91. The van der Waals surface area contributed by atoms with E-state index < -0.39 is 0 Å². The fraction of sp³-hybridized carbons (Fsp3) is 0.588. The Morgan fingerprint density at radius 1 is 1.18 bits per heavy atom. The molecular formula is C17H26N2O3. The minimum absolute atomic E-state index is 0.159. The molecule has 2 rings (SSSR count). The van der Waals surface area contributed by atoms with E-state index in [1.165, 1.54) is 19.3 Å². The highest BCUT2D eigenvalue weighted by Crippen LogP contribution is 2.24. The van der Waals surface area contributed by atoms with Crippen molar-refractivity contribution in [1.82, 2.24) is 5.32 Å². The third-order valence-electron chi connectivity index (χ3n) is 3.77. The van der Waals surface area contributed by atoms with Gasteiger partial charge in [0, 0.05) is 12.6 Å². The molecule has 0 aromatic heterocycles. The number of amides is 2. The minimum Gasteiger partial charge on any atom is -0.489 e. The molecule has 122 valence electrons. The van der Waals surface area contributed by atoms with Gasteiger partial charge >= 0.3 is 6.03 Å². The third kappa shape index (κ3) is 5.56. The molecule has 0 atom stereocenters. The predicted molar refractivity (Wildman–Crippen MR) is 87.5 cm³/mol. The van der Waals surface area contributed by atoms with Crippen molar-refractivity contribution < 1.29 is 14.3 Å². The Morgan fingerprint density at radius 2 is 1.95 bits per heavy atom. The normalized spacial score (nSPS) is 15.3. The molecule has 0 aliphatic heterocycles. The SMILES string of the molecule is CCOCCOc1ccccc1NC(=O)NC1CCCCC1. The van der Waals surface area contributed by atoms with Gasteiger partial charge in [-0.2, -0.15) is 0 Å². The Bertz CT molecular complexity index is 459. The molecule has 1 aromatic rings. The van der Waals surface area contributed by atoms with Crippen LogP contribution >= 0.6 is 0 Å². The topological polar surface area (TPSA) is 59.6 Å².